The minimum atomic E-state index is -0.111. The molecule has 1 aromatic heterocycles. The predicted molar refractivity (Wildman–Crippen MR) is 78.7 cm³/mol. The number of aliphatic hydroxyl groups is 1. The van der Waals surface area contributed by atoms with Crippen LogP contribution in [0.15, 0.2) is 30.4 Å². The van der Waals surface area contributed by atoms with Gasteiger partial charge in [0.05, 0.1) is 0 Å². The van der Waals surface area contributed by atoms with Gasteiger partial charge in [-0.2, -0.15) is 5.26 Å². The third-order valence-electron chi connectivity index (χ3n) is 3.39. The Balaban J connectivity index is 2.65. The zero-order valence-corrected chi connectivity index (χ0v) is 12.1. The molecular weight excluding hydrogens is 252 g/mol. The molecule has 0 aliphatic heterocycles. The fourth-order valence-electron chi connectivity index (χ4n) is 2.36. The van der Waals surface area contributed by atoms with Crippen molar-refractivity contribution in [3.63, 3.8) is 0 Å². The number of nitrogens with zero attached hydrogens (tertiary/aromatic N) is 2. The first-order chi connectivity index (χ1) is 9.47. The summed E-state index contributed by atoms with van der Waals surface area (Å²) in [6.45, 7) is 6.17. The number of aryl methyl sites for hydroxylation is 2. The number of aromatic nitrogens is 1. The highest BCUT2D eigenvalue weighted by Gasteiger charge is 2.14. The normalized spacial score (nSPS) is 11.9. The largest absolute Gasteiger partial charge is 0.511 e. The highest BCUT2D eigenvalue weighted by molar-refractivity contribution is 5.86. The van der Waals surface area contributed by atoms with Crippen LogP contribution in [-0.2, 0) is 7.05 Å². The maximum Gasteiger partial charge on any atom is 0.237 e. The summed E-state index contributed by atoms with van der Waals surface area (Å²) < 4.78 is 7.60. The quantitative estimate of drug-likeness (QED) is 0.679. The zero-order valence-electron chi connectivity index (χ0n) is 12.1. The lowest BCUT2D eigenvalue weighted by atomic mass is 10.00. The summed E-state index contributed by atoms with van der Waals surface area (Å²) in [7, 11) is 2.01. The van der Waals surface area contributed by atoms with Crippen LogP contribution in [0.3, 0.4) is 0 Å². The first-order valence-electron chi connectivity index (χ1n) is 6.49. The van der Waals surface area contributed by atoms with Gasteiger partial charge in [-0.05, 0) is 36.1 Å². The summed E-state index contributed by atoms with van der Waals surface area (Å²) in [6, 6.07) is 5.83. The summed E-state index contributed by atoms with van der Waals surface area (Å²) in [5, 5.41) is 18.9. The van der Waals surface area contributed by atoms with Crippen molar-refractivity contribution < 1.29 is 9.84 Å². The first-order valence-corrected chi connectivity index (χ1v) is 6.49. The molecule has 0 spiro atoms. The van der Waals surface area contributed by atoms with Gasteiger partial charge in [-0.1, -0.05) is 13.8 Å². The smallest absolute Gasteiger partial charge is 0.237 e. The van der Waals surface area contributed by atoms with E-state index in [2.05, 4.69) is 30.7 Å². The Kier molecular flexibility index (Phi) is 3.71. The summed E-state index contributed by atoms with van der Waals surface area (Å²) >= 11 is 0. The van der Waals surface area contributed by atoms with Crippen LogP contribution < -0.4 is 4.74 Å². The van der Waals surface area contributed by atoms with E-state index >= 15 is 0 Å². The Morgan fingerprint density at radius 2 is 2.15 bits per heavy atom. The van der Waals surface area contributed by atoms with Crippen molar-refractivity contribution in [3.8, 4) is 11.8 Å². The molecule has 0 amide bonds. The minimum Gasteiger partial charge on any atom is -0.511 e. The molecule has 0 atom stereocenters. The highest BCUT2D eigenvalue weighted by Crippen LogP contribution is 2.34. The Bertz CT molecular complexity index is 718. The Morgan fingerprint density at radius 3 is 2.70 bits per heavy atom. The predicted octanol–water partition coefficient (Wildman–Crippen LogP) is 3.91. The molecule has 1 N–H and O–H groups in total. The molecule has 4 nitrogen and oxygen atoms in total. The van der Waals surface area contributed by atoms with E-state index in [4.69, 9.17) is 15.1 Å². The lowest BCUT2D eigenvalue weighted by Crippen LogP contribution is -1.99. The van der Waals surface area contributed by atoms with Crippen molar-refractivity contribution >= 4 is 10.9 Å². The second-order valence-electron chi connectivity index (χ2n) is 5.19. The van der Waals surface area contributed by atoms with Gasteiger partial charge in [-0.25, -0.2) is 0 Å². The van der Waals surface area contributed by atoms with Crippen LogP contribution in [0.5, 0.6) is 5.75 Å². The van der Waals surface area contributed by atoms with Crippen molar-refractivity contribution in [2.75, 3.05) is 0 Å². The van der Waals surface area contributed by atoms with Gasteiger partial charge in [0.2, 0.25) is 5.76 Å². The number of allylic oxidation sites excluding steroid dienone is 1. The minimum absolute atomic E-state index is 0.111. The lowest BCUT2D eigenvalue weighted by Gasteiger charge is -2.14. The zero-order chi connectivity index (χ0) is 14.9. The van der Waals surface area contributed by atoms with Gasteiger partial charge >= 0.3 is 0 Å². The molecule has 0 aliphatic carbocycles. The number of fused-ring (bicyclic) bond motifs is 1. The second kappa shape index (κ2) is 5.30. The van der Waals surface area contributed by atoms with Crippen molar-refractivity contribution in [2.45, 2.75) is 26.7 Å². The van der Waals surface area contributed by atoms with E-state index in [1.807, 2.05) is 26.1 Å². The second-order valence-corrected chi connectivity index (χ2v) is 5.19. The summed E-state index contributed by atoms with van der Waals surface area (Å²) in [4.78, 5) is 0. The molecule has 0 unspecified atom stereocenters. The van der Waals surface area contributed by atoms with E-state index in [1.54, 1.807) is 0 Å². The molecule has 20 heavy (non-hydrogen) atoms. The monoisotopic (exact) mass is 270 g/mol. The fraction of sp³-hybridized carbons (Fsp3) is 0.312. The number of rotatable bonds is 3. The average molecular weight is 270 g/mol. The SMILES string of the molecule is Cc1cn(C)c2cc(C(C)C)c(O/C(C#N)=C/O)cc12. The maximum absolute atomic E-state index is 8.98. The summed E-state index contributed by atoms with van der Waals surface area (Å²) in [6.07, 6.45) is 2.75. The summed E-state index contributed by atoms with van der Waals surface area (Å²) in [5.74, 6) is 0.756. The van der Waals surface area contributed by atoms with E-state index in [-0.39, 0.29) is 11.7 Å². The molecule has 0 aliphatic rings. The van der Waals surface area contributed by atoms with Gasteiger partial charge in [-0.3, -0.25) is 0 Å². The molecule has 0 radical (unpaired) electrons. The Labute approximate surface area is 118 Å². The van der Waals surface area contributed by atoms with Gasteiger partial charge in [0.15, 0.2) is 0 Å². The van der Waals surface area contributed by atoms with Crippen LogP contribution >= 0.6 is 0 Å². The molecule has 0 saturated heterocycles. The lowest BCUT2D eigenvalue weighted by molar-refractivity contribution is 0.387. The van der Waals surface area contributed by atoms with Gasteiger partial charge in [0.1, 0.15) is 18.1 Å². The van der Waals surface area contributed by atoms with E-state index in [1.165, 1.54) is 0 Å². The van der Waals surface area contributed by atoms with Gasteiger partial charge in [-0.15, -0.1) is 0 Å². The number of benzene rings is 1. The topological polar surface area (TPSA) is 58.2 Å². The van der Waals surface area contributed by atoms with E-state index in [0.29, 0.717) is 12.0 Å². The molecule has 2 rings (SSSR count). The van der Waals surface area contributed by atoms with Crippen molar-refractivity contribution in [3.05, 3.63) is 41.5 Å². The Morgan fingerprint density at radius 1 is 1.45 bits per heavy atom. The van der Waals surface area contributed by atoms with Crippen molar-refractivity contribution in [1.29, 1.82) is 5.26 Å². The van der Waals surface area contributed by atoms with E-state index in [0.717, 1.165) is 22.0 Å². The number of ether oxygens (including phenoxy) is 1. The maximum atomic E-state index is 8.98. The Hall–Kier alpha value is -2.41. The van der Waals surface area contributed by atoms with Crippen LogP contribution in [0, 0.1) is 18.3 Å². The molecular formula is C16H18N2O2. The van der Waals surface area contributed by atoms with Crippen molar-refractivity contribution in [1.82, 2.24) is 4.57 Å². The molecule has 4 heteroatoms. The summed E-state index contributed by atoms with van der Waals surface area (Å²) in [5.41, 5.74) is 3.28. The number of hydrogen-bond donors (Lipinski definition) is 1. The first kappa shape index (κ1) is 14.0. The third kappa shape index (κ3) is 2.35. The van der Waals surface area contributed by atoms with Crippen LogP contribution in [0.25, 0.3) is 10.9 Å². The van der Waals surface area contributed by atoms with E-state index in [9.17, 15) is 0 Å². The molecule has 1 heterocycles. The highest BCUT2D eigenvalue weighted by atomic mass is 16.5. The molecule has 0 fully saturated rings. The molecule has 0 saturated carbocycles. The van der Waals surface area contributed by atoms with Crippen molar-refractivity contribution in [2.24, 2.45) is 7.05 Å². The number of aliphatic hydroxyl groups excluding tert-OH is 1. The van der Waals surface area contributed by atoms with Gasteiger partial charge < -0.3 is 14.4 Å². The molecule has 0 bridgehead atoms. The van der Waals surface area contributed by atoms with Crippen LogP contribution in [0.2, 0.25) is 0 Å². The van der Waals surface area contributed by atoms with Crippen LogP contribution in [0.1, 0.15) is 30.9 Å². The average Bonchev–Trinajstić information content (AvgIpc) is 2.69. The third-order valence-corrected chi connectivity index (χ3v) is 3.39. The van der Waals surface area contributed by atoms with Gasteiger partial charge in [0.25, 0.3) is 0 Å². The molecule has 104 valence electrons. The van der Waals surface area contributed by atoms with Gasteiger partial charge in [0, 0.05) is 24.1 Å². The van der Waals surface area contributed by atoms with Crippen LogP contribution in [0.4, 0.5) is 0 Å². The van der Waals surface area contributed by atoms with E-state index < -0.39 is 0 Å². The standard InChI is InChI=1S/C16H18N2O2/c1-10(2)13-5-15-14(11(3)8-18(15)4)6-16(13)20-12(7-17)9-19/h5-6,8-10,19H,1-4H3/b12-9+. The molecule has 2 aromatic rings. The number of nitriles is 1. The number of hydrogen-bond acceptors (Lipinski definition) is 3. The molecule has 1 aromatic carbocycles. The fourth-order valence-corrected chi connectivity index (χ4v) is 2.36. The van der Waals surface area contributed by atoms with Crippen LogP contribution in [-0.4, -0.2) is 9.67 Å².